The van der Waals surface area contributed by atoms with Gasteiger partial charge < -0.3 is 4.74 Å². The summed E-state index contributed by atoms with van der Waals surface area (Å²) in [4.78, 5) is 12.7. The molecule has 0 amide bonds. The Kier molecular flexibility index (Phi) is 1.77. The topological polar surface area (TPSA) is 57.0 Å². The largest absolute Gasteiger partial charge is 0.436 e. The minimum absolute atomic E-state index is 0.191. The minimum atomic E-state index is -0.726. The van der Waals surface area contributed by atoms with Crippen molar-refractivity contribution in [3.8, 4) is 0 Å². The maximum Gasteiger partial charge on any atom is 0.308 e. The van der Waals surface area contributed by atoms with Crippen LogP contribution in [0.4, 0.5) is 0 Å². The maximum absolute atomic E-state index is 11.2. The first kappa shape index (κ1) is 9.33. The van der Waals surface area contributed by atoms with Gasteiger partial charge in [0.2, 0.25) is 5.72 Å². The number of fused-ring (bicyclic) bond motifs is 1. The molecule has 2 heterocycles. The summed E-state index contributed by atoms with van der Waals surface area (Å²) in [6, 6.07) is 7.59. The van der Waals surface area contributed by atoms with E-state index in [9.17, 15) is 4.79 Å². The fourth-order valence-electron chi connectivity index (χ4n) is 1.89. The van der Waals surface area contributed by atoms with Crippen LogP contribution in [0.15, 0.2) is 24.3 Å². The molecule has 2 aromatic rings. The van der Waals surface area contributed by atoms with E-state index in [1.54, 1.807) is 0 Å². The van der Waals surface area contributed by atoms with Crippen molar-refractivity contribution in [2.45, 2.75) is 25.5 Å². The average Bonchev–Trinajstić information content (AvgIpc) is 2.83. The number of benzene rings is 1. The van der Waals surface area contributed by atoms with Gasteiger partial charge in [-0.15, -0.1) is 15.0 Å². The van der Waals surface area contributed by atoms with Gasteiger partial charge in [-0.3, -0.25) is 4.79 Å². The first-order chi connectivity index (χ1) is 7.67. The Bertz CT molecular complexity index is 530. The fraction of sp³-hybridized carbons (Fsp3) is 0.364. The SMILES string of the molecule is CC1(n2nc3ccccc3n2)CCC(=O)O1. The van der Waals surface area contributed by atoms with E-state index in [2.05, 4.69) is 10.2 Å². The predicted molar refractivity (Wildman–Crippen MR) is 56.5 cm³/mol. The molecule has 5 heteroatoms. The van der Waals surface area contributed by atoms with Gasteiger partial charge in [-0.1, -0.05) is 12.1 Å². The summed E-state index contributed by atoms with van der Waals surface area (Å²) in [5, 5.41) is 8.66. The molecular formula is C11H11N3O2. The van der Waals surface area contributed by atoms with Crippen LogP contribution in [-0.2, 0) is 15.3 Å². The van der Waals surface area contributed by atoms with Crippen LogP contribution in [-0.4, -0.2) is 21.0 Å². The monoisotopic (exact) mass is 217 g/mol. The van der Waals surface area contributed by atoms with Crippen molar-refractivity contribution in [2.75, 3.05) is 0 Å². The second-order valence-corrected chi connectivity index (χ2v) is 4.13. The molecule has 1 saturated heterocycles. The summed E-state index contributed by atoms with van der Waals surface area (Å²) in [5.41, 5.74) is 0.897. The van der Waals surface area contributed by atoms with Gasteiger partial charge in [-0.05, 0) is 19.1 Å². The lowest BCUT2D eigenvalue weighted by Gasteiger charge is -2.20. The number of rotatable bonds is 1. The molecule has 1 aromatic carbocycles. The number of hydrogen-bond acceptors (Lipinski definition) is 4. The second-order valence-electron chi connectivity index (χ2n) is 4.13. The molecule has 3 rings (SSSR count). The van der Waals surface area contributed by atoms with Gasteiger partial charge in [-0.2, -0.15) is 0 Å². The minimum Gasteiger partial charge on any atom is -0.436 e. The molecule has 0 radical (unpaired) electrons. The van der Waals surface area contributed by atoms with Crippen LogP contribution in [0.25, 0.3) is 11.0 Å². The standard InChI is InChI=1S/C11H11N3O2/c1-11(7-6-10(15)16-11)14-12-8-4-2-3-5-9(8)13-14/h2-5H,6-7H2,1H3. The number of esters is 1. The van der Waals surface area contributed by atoms with Crippen molar-refractivity contribution < 1.29 is 9.53 Å². The summed E-state index contributed by atoms with van der Waals surface area (Å²) < 4.78 is 5.26. The van der Waals surface area contributed by atoms with Crippen molar-refractivity contribution >= 4 is 17.0 Å². The van der Waals surface area contributed by atoms with Gasteiger partial charge in [0.05, 0.1) is 6.42 Å². The third-order valence-electron chi connectivity index (χ3n) is 2.84. The number of hydrogen-bond donors (Lipinski definition) is 0. The van der Waals surface area contributed by atoms with Gasteiger partial charge in [-0.25, -0.2) is 0 Å². The molecular weight excluding hydrogens is 206 g/mol. The summed E-state index contributed by atoms with van der Waals surface area (Å²) in [6.07, 6.45) is 1.04. The Balaban J connectivity index is 2.09. The average molecular weight is 217 g/mol. The Morgan fingerprint density at radius 1 is 1.31 bits per heavy atom. The molecule has 0 aliphatic carbocycles. The van der Waals surface area contributed by atoms with Gasteiger partial charge in [0.15, 0.2) is 0 Å². The quantitative estimate of drug-likeness (QED) is 0.678. The number of carbonyl (C=O) groups excluding carboxylic acids is 1. The van der Waals surface area contributed by atoms with E-state index in [0.717, 1.165) is 11.0 Å². The molecule has 16 heavy (non-hydrogen) atoms. The van der Waals surface area contributed by atoms with E-state index in [4.69, 9.17) is 4.74 Å². The van der Waals surface area contributed by atoms with Crippen molar-refractivity contribution in [1.29, 1.82) is 0 Å². The van der Waals surface area contributed by atoms with Gasteiger partial charge in [0, 0.05) is 6.42 Å². The summed E-state index contributed by atoms with van der Waals surface area (Å²) in [5.74, 6) is -0.191. The van der Waals surface area contributed by atoms with Crippen molar-refractivity contribution in [1.82, 2.24) is 15.0 Å². The Morgan fingerprint density at radius 3 is 2.44 bits per heavy atom. The highest BCUT2D eigenvalue weighted by molar-refractivity contribution is 5.74. The number of cyclic esters (lactones) is 1. The summed E-state index contributed by atoms with van der Waals surface area (Å²) in [7, 11) is 0. The van der Waals surface area contributed by atoms with E-state index < -0.39 is 5.72 Å². The maximum atomic E-state index is 11.2. The molecule has 5 nitrogen and oxygen atoms in total. The smallest absolute Gasteiger partial charge is 0.308 e. The Morgan fingerprint density at radius 2 is 1.94 bits per heavy atom. The van der Waals surface area contributed by atoms with Crippen LogP contribution < -0.4 is 0 Å². The molecule has 82 valence electrons. The lowest BCUT2D eigenvalue weighted by atomic mass is 10.2. The molecule has 1 fully saturated rings. The highest BCUT2D eigenvalue weighted by Gasteiger charge is 2.39. The van der Waals surface area contributed by atoms with Crippen molar-refractivity contribution in [3.63, 3.8) is 0 Å². The Labute approximate surface area is 92.0 Å². The molecule has 0 saturated carbocycles. The molecule has 1 unspecified atom stereocenters. The lowest BCUT2D eigenvalue weighted by Crippen LogP contribution is -2.31. The molecule has 0 bridgehead atoms. The van der Waals surface area contributed by atoms with Crippen LogP contribution in [0.2, 0.25) is 0 Å². The zero-order valence-electron chi connectivity index (χ0n) is 8.88. The van der Waals surface area contributed by atoms with E-state index in [1.165, 1.54) is 4.80 Å². The Hall–Kier alpha value is -1.91. The van der Waals surface area contributed by atoms with E-state index >= 15 is 0 Å². The third kappa shape index (κ3) is 1.28. The van der Waals surface area contributed by atoms with E-state index in [0.29, 0.717) is 12.8 Å². The first-order valence-electron chi connectivity index (χ1n) is 5.22. The molecule has 1 atom stereocenters. The highest BCUT2D eigenvalue weighted by Crippen LogP contribution is 2.30. The highest BCUT2D eigenvalue weighted by atomic mass is 16.6. The van der Waals surface area contributed by atoms with Crippen LogP contribution in [0.5, 0.6) is 0 Å². The summed E-state index contributed by atoms with van der Waals surface area (Å²) >= 11 is 0. The zero-order valence-corrected chi connectivity index (χ0v) is 8.88. The van der Waals surface area contributed by atoms with Gasteiger partial charge in [0.1, 0.15) is 11.0 Å². The van der Waals surface area contributed by atoms with Crippen LogP contribution in [0.3, 0.4) is 0 Å². The summed E-state index contributed by atoms with van der Waals surface area (Å²) in [6.45, 7) is 1.83. The van der Waals surface area contributed by atoms with Crippen LogP contribution >= 0.6 is 0 Å². The molecule has 1 aliphatic heterocycles. The van der Waals surface area contributed by atoms with Gasteiger partial charge >= 0.3 is 5.97 Å². The second kappa shape index (κ2) is 3.04. The number of aromatic nitrogens is 3. The van der Waals surface area contributed by atoms with Crippen LogP contribution in [0.1, 0.15) is 19.8 Å². The molecule has 0 N–H and O–H groups in total. The van der Waals surface area contributed by atoms with Crippen molar-refractivity contribution in [2.24, 2.45) is 0 Å². The molecule has 1 aliphatic rings. The van der Waals surface area contributed by atoms with Crippen LogP contribution in [0, 0.1) is 0 Å². The van der Waals surface area contributed by atoms with Gasteiger partial charge in [0.25, 0.3) is 0 Å². The number of ether oxygens (including phenoxy) is 1. The third-order valence-corrected chi connectivity index (χ3v) is 2.84. The fourth-order valence-corrected chi connectivity index (χ4v) is 1.89. The first-order valence-corrected chi connectivity index (χ1v) is 5.22. The normalized spacial score (nSPS) is 24.9. The molecule has 1 aromatic heterocycles. The zero-order chi connectivity index (χ0) is 11.2. The van der Waals surface area contributed by atoms with Crippen molar-refractivity contribution in [3.05, 3.63) is 24.3 Å². The lowest BCUT2D eigenvalue weighted by molar-refractivity contribution is -0.157. The predicted octanol–water partition coefficient (Wildman–Crippen LogP) is 1.44. The number of nitrogens with zero attached hydrogens (tertiary/aromatic N) is 3. The number of carbonyl (C=O) groups is 1. The molecule has 0 spiro atoms. The van der Waals surface area contributed by atoms with E-state index in [-0.39, 0.29) is 5.97 Å². The van der Waals surface area contributed by atoms with E-state index in [1.807, 2.05) is 31.2 Å².